The standard InChI is InChI=1S/C23H32N4O4S/c1-16(2)22(26-32(29,30)20-7-5-17(3)18(4)13-20)23(28)25-15-19-6-8-21(24-14-19)27-9-11-31-12-10-27/h5-8,13-14,16,22,26H,9-12,15H2,1-4H3,(H,25,28)/t22-/m1/s1. The fraction of sp³-hybridized carbons (Fsp3) is 0.478. The van der Waals surface area contributed by atoms with E-state index in [0.29, 0.717) is 13.2 Å². The molecule has 2 heterocycles. The van der Waals surface area contributed by atoms with Crippen molar-refractivity contribution in [3.05, 3.63) is 53.2 Å². The molecule has 1 atom stereocenters. The maximum Gasteiger partial charge on any atom is 0.241 e. The van der Waals surface area contributed by atoms with E-state index in [-0.39, 0.29) is 23.3 Å². The number of carbonyl (C=O) groups excluding carboxylic acids is 1. The van der Waals surface area contributed by atoms with E-state index >= 15 is 0 Å². The number of hydrogen-bond donors (Lipinski definition) is 2. The van der Waals surface area contributed by atoms with Gasteiger partial charge in [0.2, 0.25) is 15.9 Å². The molecular weight excluding hydrogens is 428 g/mol. The number of morpholine rings is 1. The summed E-state index contributed by atoms with van der Waals surface area (Å²) in [7, 11) is -3.83. The molecule has 174 valence electrons. The van der Waals surface area contributed by atoms with E-state index in [9.17, 15) is 13.2 Å². The fourth-order valence-corrected chi connectivity index (χ4v) is 4.84. The van der Waals surface area contributed by atoms with E-state index in [4.69, 9.17) is 4.74 Å². The number of anilines is 1. The zero-order valence-electron chi connectivity index (χ0n) is 19.1. The number of aryl methyl sites for hydroxylation is 2. The van der Waals surface area contributed by atoms with Crippen LogP contribution in [0.4, 0.5) is 5.82 Å². The Bertz CT molecular complexity index is 1030. The van der Waals surface area contributed by atoms with Crippen LogP contribution in [0, 0.1) is 19.8 Å². The Kier molecular flexibility index (Phi) is 7.86. The Balaban J connectivity index is 1.63. The van der Waals surface area contributed by atoms with Crippen molar-refractivity contribution < 1.29 is 17.9 Å². The van der Waals surface area contributed by atoms with Gasteiger partial charge in [0, 0.05) is 25.8 Å². The molecule has 0 spiro atoms. The van der Waals surface area contributed by atoms with Crippen molar-refractivity contribution in [3.8, 4) is 0 Å². The number of ether oxygens (including phenoxy) is 1. The van der Waals surface area contributed by atoms with Crippen LogP contribution in [0.3, 0.4) is 0 Å². The first-order valence-electron chi connectivity index (χ1n) is 10.8. The van der Waals surface area contributed by atoms with Gasteiger partial charge in [0.15, 0.2) is 0 Å². The summed E-state index contributed by atoms with van der Waals surface area (Å²) in [6.07, 6.45) is 1.73. The number of carbonyl (C=O) groups is 1. The second kappa shape index (κ2) is 10.4. The normalized spacial score (nSPS) is 15.6. The van der Waals surface area contributed by atoms with Gasteiger partial charge in [-0.3, -0.25) is 4.79 Å². The molecule has 2 aromatic rings. The number of hydrogen-bond acceptors (Lipinski definition) is 6. The minimum Gasteiger partial charge on any atom is -0.378 e. The Morgan fingerprint density at radius 1 is 1.12 bits per heavy atom. The van der Waals surface area contributed by atoms with Crippen LogP contribution >= 0.6 is 0 Å². The van der Waals surface area contributed by atoms with Crippen LogP contribution in [0.25, 0.3) is 0 Å². The molecular formula is C23H32N4O4S. The molecule has 9 heteroatoms. The third-order valence-electron chi connectivity index (χ3n) is 5.63. The van der Waals surface area contributed by atoms with Gasteiger partial charge in [0.25, 0.3) is 0 Å². The van der Waals surface area contributed by atoms with Crippen molar-refractivity contribution in [1.82, 2.24) is 15.0 Å². The molecule has 32 heavy (non-hydrogen) atoms. The van der Waals surface area contributed by atoms with Crippen molar-refractivity contribution in [2.75, 3.05) is 31.2 Å². The number of pyridine rings is 1. The Labute approximate surface area is 190 Å². The van der Waals surface area contributed by atoms with E-state index in [1.807, 2.05) is 39.8 Å². The third-order valence-corrected chi connectivity index (χ3v) is 7.07. The highest BCUT2D eigenvalue weighted by Gasteiger charge is 2.28. The summed E-state index contributed by atoms with van der Waals surface area (Å²) in [6.45, 7) is 10.7. The minimum absolute atomic E-state index is 0.155. The summed E-state index contributed by atoms with van der Waals surface area (Å²) in [5.74, 6) is 0.285. The molecule has 8 nitrogen and oxygen atoms in total. The Hall–Kier alpha value is -2.49. The highest BCUT2D eigenvalue weighted by molar-refractivity contribution is 7.89. The van der Waals surface area contributed by atoms with Crippen LogP contribution < -0.4 is 14.9 Å². The lowest BCUT2D eigenvalue weighted by Gasteiger charge is -2.27. The number of rotatable bonds is 8. The molecule has 1 fully saturated rings. The second-order valence-corrected chi connectivity index (χ2v) is 10.1. The number of sulfonamides is 1. The molecule has 0 aliphatic carbocycles. The van der Waals surface area contributed by atoms with E-state index in [0.717, 1.165) is 35.6 Å². The van der Waals surface area contributed by atoms with Gasteiger partial charge in [-0.15, -0.1) is 0 Å². The van der Waals surface area contributed by atoms with Gasteiger partial charge in [-0.25, -0.2) is 13.4 Å². The predicted molar refractivity (Wildman–Crippen MR) is 124 cm³/mol. The fourth-order valence-electron chi connectivity index (χ4n) is 3.41. The lowest BCUT2D eigenvalue weighted by molar-refractivity contribution is -0.123. The van der Waals surface area contributed by atoms with Gasteiger partial charge in [-0.1, -0.05) is 26.0 Å². The van der Waals surface area contributed by atoms with E-state index < -0.39 is 16.1 Å². The van der Waals surface area contributed by atoms with Gasteiger partial charge in [-0.2, -0.15) is 4.72 Å². The van der Waals surface area contributed by atoms with Gasteiger partial charge >= 0.3 is 0 Å². The molecule has 1 saturated heterocycles. The number of benzene rings is 1. The minimum atomic E-state index is -3.83. The summed E-state index contributed by atoms with van der Waals surface area (Å²) in [6, 6.07) is 7.90. The molecule has 1 aromatic carbocycles. The lowest BCUT2D eigenvalue weighted by Crippen LogP contribution is -2.49. The van der Waals surface area contributed by atoms with Crippen molar-refractivity contribution in [1.29, 1.82) is 0 Å². The topological polar surface area (TPSA) is 101 Å². The first-order valence-corrected chi connectivity index (χ1v) is 12.3. The summed E-state index contributed by atoms with van der Waals surface area (Å²) in [5, 5.41) is 2.83. The molecule has 1 amide bonds. The maximum atomic E-state index is 12.9. The molecule has 1 aromatic heterocycles. The van der Waals surface area contributed by atoms with Crippen molar-refractivity contribution >= 4 is 21.7 Å². The van der Waals surface area contributed by atoms with E-state index in [1.165, 1.54) is 0 Å². The zero-order chi connectivity index (χ0) is 23.3. The summed E-state index contributed by atoms with van der Waals surface area (Å²) < 4.78 is 33.7. The number of nitrogens with one attached hydrogen (secondary N) is 2. The van der Waals surface area contributed by atoms with Crippen LogP contribution in [-0.4, -0.2) is 51.7 Å². The van der Waals surface area contributed by atoms with Crippen molar-refractivity contribution in [2.45, 2.75) is 45.2 Å². The van der Waals surface area contributed by atoms with Gasteiger partial charge in [0.05, 0.1) is 18.1 Å². The summed E-state index contributed by atoms with van der Waals surface area (Å²) in [4.78, 5) is 19.6. The third kappa shape index (κ3) is 6.05. The van der Waals surface area contributed by atoms with Gasteiger partial charge in [0.1, 0.15) is 11.9 Å². The molecule has 0 saturated carbocycles. The molecule has 0 radical (unpaired) electrons. The SMILES string of the molecule is Cc1ccc(S(=O)(=O)N[C@@H](C(=O)NCc2ccc(N3CCOCC3)nc2)C(C)C)cc1C. The molecule has 0 bridgehead atoms. The molecule has 0 unspecified atom stereocenters. The largest absolute Gasteiger partial charge is 0.378 e. The summed E-state index contributed by atoms with van der Waals surface area (Å²) >= 11 is 0. The van der Waals surface area contributed by atoms with Crippen molar-refractivity contribution in [2.24, 2.45) is 5.92 Å². The Morgan fingerprint density at radius 3 is 2.44 bits per heavy atom. The second-order valence-electron chi connectivity index (χ2n) is 8.43. The first-order chi connectivity index (χ1) is 15.2. The van der Waals surface area contributed by atoms with Crippen LogP contribution in [0.15, 0.2) is 41.4 Å². The molecule has 1 aliphatic rings. The predicted octanol–water partition coefficient (Wildman–Crippen LogP) is 2.15. The van der Waals surface area contributed by atoms with E-state index in [1.54, 1.807) is 24.4 Å². The number of aromatic nitrogens is 1. The molecule has 3 rings (SSSR count). The van der Waals surface area contributed by atoms with Crippen LogP contribution in [-0.2, 0) is 26.1 Å². The first kappa shape index (κ1) is 24.2. The van der Waals surface area contributed by atoms with Crippen LogP contribution in [0.5, 0.6) is 0 Å². The monoisotopic (exact) mass is 460 g/mol. The highest BCUT2D eigenvalue weighted by Crippen LogP contribution is 2.17. The van der Waals surface area contributed by atoms with Gasteiger partial charge < -0.3 is 15.0 Å². The molecule has 2 N–H and O–H groups in total. The van der Waals surface area contributed by atoms with Crippen molar-refractivity contribution in [3.63, 3.8) is 0 Å². The lowest BCUT2D eigenvalue weighted by atomic mass is 10.0. The Morgan fingerprint density at radius 2 is 1.84 bits per heavy atom. The number of nitrogens with zero attached hydrogens (tertiary/aromatic N) is 2. The zero-order valence-corrected chi connectivity index (χ0v) is 19.9. The van der Waals surface area contributed by atoms with Crippen LogP contribution in [0.1, 0.15) is 30.5 Å². The quantitative estimate of drug-likeness (QED) is 0.626. The van der Waals surface area contributed by atoms with E-state index in [2.05, 4.69) is 19.9 Å². The smallest absolute Gasteiger partial charge is 0.241 e. The van der Waals surface area contributed by atoms with Gasteiger partial charge in [-0.05, 0) is 54.7 Å². The summed E-state index contributed by atoms with van der Waals surface area (Å²) in [5.41, 5.74) is 2.73. The number of amides is 1. The van der Waals surface area contributed by atoms with Crippen LogP contribution in [0.2, 0.25) is 0 Å². The molecule has 1 aliphatic heterocycles. The average Bonchev–Trinajstić information content (AvgIpc) is 2.78. The average molecular weight is 461 g/mol. The highest BCUT2D eigenvalue weighted by atomic mass is 32.2. The maximum absolute atomic E-state index is 12.9.